The van der Waals surface area contributed by atoms with Crippen molar-refractivity contribution in [1.82, 2.24) is 4.98 Å². The maximum Gasteiger partial charge on any atom is 0.108 e. The van der Waals surface area contributed by atoms with Gasteiger partial charge in [0.2, 0.25) is 0 Å². The number of halogens is 2. The van der Waals surface area contributed by atoms with Gasteiger partial charge in [-0.1, -0.05) is 47.5 Å². The minimum absolute atomic E-state index is 0.450. The second kappa shape index (κ2) is 5.41. The van der Waals surface area contributed by atoms with E-state index < -0.39 is 6.10 Å². The van der Waals surface area contributed by atoms with Crippen molar-refractivity contribution < 1.29 is 5.11 Å². The quantitative estimate of drug-likeness (QED) is 0.749. The third kappa shape index (κ3) is 2.27. The van der Waals surface area contributed by atoms with Crippen molar-refractivity contribution >= 4 is 34.1 Å². The fraction of sp³-hybridized carbons (Fsp3) is 0.0625. The summed E-state index contributed by atoms with van der Waals surface area (Å²) in [5, 5.41) is 12.4. The largest absolute Gasteiger partial charge is 0.384 e. The number of fused-ring (bicyclic) bond motifs is 1. The Morgan fingerprint density at radius 2 is 1.60 bits per heavy atom. The van der Waals surface area contributed by atoms with Crippen molar-refractivity contribution in [3.63, 3.8) is 0 Å². The van der Waals surface area contributed by atoms with E-state index in [0.29, 0.717) is 15.6 Å². The summed E-state index contributed by atoms with van der Waals surface area (Å²) in [6.07, 6.45) is 0.838. The molecule has 0 aliphatic heterocycles. The lowest BCUT2D eigenvalue weighted by molar-refractivity contribution is 0.222. The number of aliphatic hydroxyl groups is 1. The molecule has 20 heavy (non-hydrogen) atoms. The molecule has 0 aliphatic carbocycles. The molecule has 0 amide bonds. The minimum Gasteiger partial charge on any atom is -0.384 e. The van der Waals surface area contributed by atoms with Crippen molar-refractivity contribution in [2.24, 2.45) is 0 Å². The average molecular weight is 304 g/mol. The third-order valence-electron chi connectivity index (χ3n) is 3.25. The fourth-order valence-electron chi connectivity index (χ4n) is 2.29. The number of hydrogen-bond acceptors (Lipinski definition) is 2. The van der Waals surface area contributed by atoms with Crippen LogP contribution >= 0.6 is 23.2 Å². The lowest BCUT2D eigenvalue weighted by Crippen LogP contribution is -2.02. The Bertz CT molecular complexity index is 748. The maximum atomic E-state index is 10.7. The highest BCUT2D eigenvalue weighted by molar-refractivity contribution is 6.36. The van der Waals surface area contributed by atoms with Crippen LogP contribution in [0.4, 0.5) is 0 Å². The zero-order chi connectivity index (χ0) is 14.1. The molecule has 0 aliphatic rings. The number of aliphatic hydroxyl groups excluding tert-OH is 1. The van der Waals surface area contributed by atoms with Crippen LogP contribution in [0.1, 0.15) is 17.2 Å². The Morgan fingerprint density at radius 1 is 0.900 bits per heavy atom. The van der Waals surface area contributed by atoms with Crippen LogP contribution in [0.2, 0.25) is 10.0 Å². The molecule has 0 spiro atoms. The Kier molecular flexibility index (Phi) is 3.62. The molecule has 1 N–H and O–H groups in total. The van der Waals surface area contributed by atoms with E-state index in [4.69, 9.17) is 23.2 Å². The Labute approximate surface area is 126 Å². The summed E-state index contributed by atoms with van der Waals surface area (Å²) in [5.74, 6) is 0. The van der Waals surface area contributed by atoms with Crippen LogP contribution in [0.15, 0.2) is 54.7 Å². The molecule has 3 rings (SSSR count). The smallest absolute Gasteiger partial charge is 0.108 e. The molecule has 0 fully saturated rings. The predicted octanol–water partition coefficient (Wildman–Crippen LogP) is 4.62. The summed E-state index contributed by atoms with van der Waals surface area (Å²) < 4.78 is 0. The highest BCUT2D eigenvalue weighted by Crippen LogP contribution is 2.36. The van der Waals surface area contributed by atoms with Gasteiger partial charge in [-0.25, -0.2) is 0 Å². The Balaban J connectivity index is 2.21. The van der Waals surface area contributed by atoms with Gasteiger partial charge in [0, 0.05) is 27.2 Å². The summed E-state index contributed by atoms with van der Waals surface area (Å²) in [6.45, 7) is 0. The zero-order valence-corrected chi connectivity index (χ0v) is 11.9. The molecule has 4 heteroatoms. The number of rotatable bonds is 2. The summed E-state index contributed by atoms with van der Waals surface area (Å²) in [4.78, 5) is 4.29. The standard InChI is InChI=1S/C16H11Cl2NO/c17-12-6-2-7-13(18)15(12)16(20)11-4-1-8-14-10(11)5-3-9-19-14/h1-9,16,20H. The third-order valence-corrected chi connectivity index (χ3v) is 3.91. The van der Waals surface area contributed by atoms with Gasteiger partial charge in [0.25, 0.3) is 0 Å². The van der Waals surface area contributed by atoms with E-state index in [1.807, 2.05) is 30.3 Å². The van der Waals surface area contributed by atoms with Crippen molar-refractivity contribution in [2.75, 3.05) is 0 Å². The number of benzene rings is 2. The molecule has 1 aromatic heterocycles. The van der Waals surface area contributed by atoms with Crippen LogP contribution in [0, 0.1) is 0 Å². The van der Waals surface area contributed by atoms with Gasteiger partial charge in [-0.3, -0.25) is 4.98 Å². The average Bonchev–Trinajstić information content (AvgIpc) is 2.46. The van der Waals surface area contributed by atoms with E-state index in [2.05, 4.69) is 4.98 Å². The molecular weight excluding hydrogens is 293 g/mol. The van der Waals surface area contributed by atoms with Crippen LogP contribution in [0.25, 0.3) is 10.9 Å². The molecule has 0 saturated carbocycles. The zero-order valence-electron chi connectivity index (χ0n) is 10.4. The lowest BCUT2D eigenvalue weighted by Gasteiger charge is -2.16. The SMILES string of the molecule is OC(c1c(Cl)cccc1Cl)c1cccc2ncccc12. The monoisotopic (exact) mass is 303 g/mol. The molecule has 2 nitrogen and oxygen atoms in total. The topological polar surface area (TPSA) is 33.1 Å². The molecule has 2 aromatic carbocycles. The minimum atomic E-state index is -0.885. The van der Waals surface area contributed by atoms with Crippen LogP contribution in [0.3, 0.4) is 0 Å². The van der Waals surface area contributed by atoms with E-state index in [1.165, 1.54) is 0 Å². The molecule has 3 aromatic rings. The van der Waals surface area contributed by atoms with Gasteiger partial charge in [0.1, 0.15) is 6.10 Å². The second-order valence-corrected chi connectivity index (χ2v) is 5.27. The molecule has 100 valence electrons. The van der Waals surface area contributed by atoms with Crippen molar-refractivity contribution in [3.8, 4) is 0 Å². The van der Waals surface area contributed by atoms with Crippen LogP contribution < -0.4 is 0 Å². The first-order chi connectivity index (χ1) is 9.68. The summed E-state index contributed by atoms with van der Waals surface area (Å²) in [6, 6.07) is 14.6. The van der Waals surface area contributed by atoms with E-state index in [9.17, 15) is 5.11 Å². The highest BCUT2D eigenvalue weighted by Gasteiger charge is 2.19. The Morgan fingerprint density at radius 3 is 2.35 bits per heavy atom. The first kappa shape index (κ1) is 13.4. The van der Waals surface area contributed by atoms with E-state index in [1.54, 1.807) is 24.4 Å². The number of pyridine rings is 1. The molecule has 1 unspecified atom stereocenters. The van der Waals surface area contributed by atoms with Gasteiger partial charge in [0.05, 0.1) is 5.52 Å². The predicted molar refractivity (Wildman–Crippen MR) is 82.3 cm³/mol. The molecular formula is C16H11Cl2NO. The van der Waals surface area contributed by atoms with Crippen LogP contribution in [0.5, 0.6) is 0 Å². The van der Waals surface area contributed by atoms with E-state index in [0.717, 1.165) is 16.5 Å². The second-order valence-electron chi connectivity index (χ2n) is 4.46. The van der Waals surface area contributed by atoms with E-state index >= 15 is 0 Å². The molecule has 0 bridgehead atoms. The first-order valence-electron chi connectivity index (χ1n) is 6.14. The first-order valence-corrected chi connectivity index (χ1v) is 6.89. The number of hydrogen-bond donors (Lipinski definition) is 1. The molecule has 1 heterocycles. The van der Waals surface area contributed by atoms with Crippen LogP contribution in [-0.4, -0.2) is 10.1 Å². The fourth-order valence-corrected chi connectivity index (χ4v) is 2.90. The highest BCUT2D eigenvalue weighted by atomic mass is 35.5. The van der Waals surface area contributed by atoms with Gasteiger partial charge >= 0.3 is 0 Å². The lowest BCUT2D eigenvalue weighted by atomic mass is 9.97. The summed E-state index contributed by atoms with van der Waals surface area (Å²) in [5.41, 5.74) is 2.09. The van der Waals surface area contributed by atoms with Crippen molar-refractivity contribution in [1.29, 1.82) is 0 Å². The summed E-state index contributed by atoms with van der Waals surface area (Å²) >= 11 is 12.3. The van der Waals surface area contributed by atoms with Crippen molar-refractivity contribution in [3.05, 3.63) is 75.9 Å². The summed E-state index contributed by atoms with van der Waals surface area (Å²) in [7, 11) is 0. The van der Waals surface area contributed by atoms with Gasteiger partial charge in [-0.15, -0.1) is 0 Å². The molecule has 0 saturated heterocycles. The molecule has 1 atom stereocenters. The van der Waals surface area contributed by atoms with Gasteiger partial charge in [-0.2, -0.15) is 0 Å². The number of aromatic nitrogens is 1. The molecule has 0 radical (unpaired) electrons. The normalized spacial score (nSPS) is 12.6. The van der Waals surface area contributed by atoms with Gasteiger partial charge in [-0.05, 0) is 29.8 Å². The van der Waals surface area contributed by atoms with Crippen molar-refractivity contribution in [2.45, 2.75) is 6.10 Å². The van der Waals surface area contributed by atoms with Gasteiger partial charge < -0.3 is 5.11 Å². The Hall–Kier alpha value is -1.61. The number of nitrogens with zero attached hydrogens (tertiary/aromatic N) is 1. The van der Waals surface area contributed by atoms with E-state index in [-0.39, 0.29) is 0 Å². The maximum absolute atomic E-state index is 10.7. The van der Waals surface area contributed by atoms with Gasteiger partial charge in [0.15, 0.2) is 0 Å². The van der Waals surface area contributed by atoms with Crippen LogP contribution in [-0.2, 0) is 0 Å².